The Morgan fingerprint density at radius 3 is 3.05 bits per heavy atom. The maximum atomic E-state index is 3.87. The zero-order valence-corrected chi connectivity index (χ0v) is 13.3. The van der Waals surface area contributed by atoms with E-state index in [0.29, 0.717) is 11.6 Å². The fraction of sp³-hybridized carbons (Fsp3) is 0.765. The minimum atomic E-state index is 0.365. The number of fused-ring (bicyclic) bond motifs is 1. The van der Waals surface area contributed by atoms with E-state index in [4.69, 9.17) is 0 Å². The molecule has 1 saturated heterocycles. The van der Waals surface area contributed by atoms with Gasteiger partial charge in [-0.05, 0) is 74.9 Å². The Morgan fingerprint density at radius 1 is 1.30 bits per heavy atom. The van der Waals surface area contributed by atoms with Gasteiger partial charge in [-0.3, -0.25) is 4.90 Å². The molecule has 0 aromatic carbocycles. The molecule has 1 aromatic heterocycles. The van der Waals surface area contributed by atoms with Crippen LogP contribution in [-0.4, -0.2) is 30.1 Å². The number of hydrogen-bond acceptors (Lipinski definition) is 3. The number of nitrogens with zero attached hydrogens (tertiary/aromatic N) is 1. The minimum absolute atomic E-state index is 0.365. The Morgan fingerprint density at radius 2 is 2.20 bits per heavy atom. The Balaban J connectivity index is 1.58. The highest BCUT2D eigenvalue weighted by molar-refractivity contribution is 7.10. The van der Waals surface area contributed by atoms with Crippen molar-refractivity contribution in [2.24, 2.45) is 5.92 Å². The molecule has 3 heteroatoms. The molecule has 2 unspecified atom stereocenters. The second-order valence-electron chi connectivity index (χ2n) is 7.15. The number of hydrogen-bond donors (Lipinski definition) is 1. The highest BCUT2D eigenvalue weighted by Gasteiger charge is 2.44. The molecule has 2 aliphatic carbocycles. The molecule has 1 aromatic rings. The summed E-state index contributed by atoms with van der Waals surface area (Å²) in [6.07, 6.45) is 8.23. The van der Waals surface area contributed by atoms with Gasteiger partial charge in [0.1, 0.15) is 0 Å². The first-order valence-electron chi connectivity index (χ1n) is 8.32. The number of rotatable bonds is 2. The van der Waals surface area contributed by atoms with Crippen LogP contribution in [0.15, 0.2) is 11.4 Å². The smallest absolute Gasteiger partial charge is 0.0360 e. The molecule has 4 rings (SSSR count). The first-order chi connectivity index (χ1) is 9.76. The van der Waals surface area contributed by atoms with E-state index in [1.54, 1.807) is 10.4 Å². The standard InChI is InChI=1S/C17H26N2S/c1-17(13-6-7-13)12-19(10-3-9-18-17)15-4-2-5-16-14(15)8-11-20-16/h8,11,13,15,18H,2-7,9-10,12H2,1H3. The van der Waals surface area contributed by atoms with Gasteiger partial charge in [0.25, 0.3) is 0 Å². The normalized spacial score (nSPS) is 35.5. The molecule has 0 bridgehead atoms. The summed E-state index contributed by atoms with van der Waals surface area (Å²) in [4.78, 5) is 4.47. The summed E-state index contributed by atoms with van der Waals surface area (Å²) in [6.45, 7) is 6.19. The van der Waals surface area contributed by atoms with E-state index >= 15 is 0 Å². The highest BCUT2D eigenvalue weighted by Crippen LogP contribution is 2.43. The molecular formula is C17H26N2S. The third-order valence-corrected chi connectivity index (χ3v) is 6.62. The maximum Gasteiger partial charge on any atom is 0.0360 e. The van der Waals surface area contributed by atoms with Gasteiger partial charge in [-0.15, -0.1) is 11.3 Å². The molecule has 1 aliphatic heterocycles. The lowest BCUT2D eigenvalue weighted by atomic mass is 9.90. The molecule has 2 nitrogen and oxygen atoms in total. The molecule has 2 heterocycles. The van der Waals surface area contributed by atoms with Crippen LogP contribution < -0.4 is 5.32 Å². The summed E-state index contributed by atoms with van der Waals surface area (Å²) in [7, 11) is 0. The molecule has 1 N–H and O–H groups in total. The van der Waals surface area contributed by atoms with E-state index in [2.05, 4.69) is 28.6 Å². The van der Waals surface area contributed by atoms with Crippen LogP contribution in [0.25, 0.3) is 0 Å². The fourth-order valence-electron chi connectivity index (χ4n) is 4.31. The van der Waals surface area contributed by atoms with Gasteiger partial charge in [0.2, 0.25) is 0 Å². The van der Waals surface area contributed by atoms with E-state index in [9.17, 15) is 0 Å². The molecule has 2 fully saturated rings. The lowest BCUT2D eigenvalue weighted by Gasteiger charge is -2.39. The molecule has 1 saturated carbocycles. The van der Waals surface area contributed by atoms with Crippen LogP contribution >= 0.6 is 11.3 Å². The van der Waals surface area contributed by atoms with Gasteiger partial charge < -0.3 is 5.32 Å². The van der Waals surface area contributed by atoms with Crippen LogP contribution in [0.2, 0.25) is 0 Å². The molecule has 20 heavy (non-hydrogen) atoms. The largest absolute Gasteiger partial charge is 0.310 e. The second kappa shape index (κ2) is 5.11. The van der Waals surface area contributed by atoms with Crippen molar-refractivity contribution in [2.75, 3.05) is 19.6 Å². The van der Waals surface area contributed by atoms with Crippen molar-refractivity contribution in [1.29, 1.82) is 0 Å². The predicted molar refractivity (Wildman–Crippen MR) is 85.3 cm³/mol. The molecule has 0 amide bonds. The van der Waals surface area contributed by atoms with Gasteiger partial charge in [0.05, 0.1) is 0 Å². The summed E-state index contributed by atoms with van der Waals surface area (Å²) in [5.74, 6) is 0.925. The van der Waals surface area contributed by atoms with Crippen molar-refractivity contribution in [2.45, 2.75) is 57.0 Å². The van der Waals surface area contributed by atoms with Crippen LogP contribution in [-0.2, 0) is 6.42 Å². The Hall–Kier alpha value is -0.380. The molecule has 110 valence electrons. The monoisotopic (exact) mass is 290 g/mol. The van der Waals surface area contributed by atoms with Crippen LogP contribution in [0, 0.1) is 5.92 Å². The van der Waals surface area contributed by atoms with Crippen LogP contribution in [0.3, 0.4) is 0 Å². The summed E-state index contributed by atoms with van der Waals surface area (Å²) >= 11 is 1.97. The van der Waals surface area contributed by atoms with E-state index in [1.807, 2.05) is 11.3 Å². The van der Waals surface area contributed by atoms with Crippen molar-refractivity contribution in [3.05, 3.63) is 21.9 Å². The topological polar surface area (TPSA) is 15.3 Å². The zero-order valence-electron chi connectivity index (χ0n) is 12.5. The van der Waals surface area contributed by atoms with Crippen LogP contribution in [0.4, 0.5) is 0 Å². The average Bonchev–Trinajstić information content (AvgIpc) is 3.23. The first kappa shape index (κ1) is 13.3. The number of thiophene rings is 1. The summed E-state index contributed by atoms with van der Waals surface area (Å²) in [5.41, 5.74) is 2.02. The van der Waals surface area contributed by atoms with Crippen molar-refractivity contribution >= 4 is 11.3 Å². The van der Waals surface area contributed by atoms with Gasteiger partial charge >= 0.3 is 0 Å². The van der Waals surface area contributed by atoms with Gasteiger partial charge in [0, 0.05) is 29.5 Å². The Kier molecular flexibility index (Phi) is 3.40. The van der Waals surface area contributed by atoms with E-state index < -0.39 is 0 Å². The first-order valence-corrected chi connectivity index (χ1v) is 9.19. The van der Waals surface area contributed by atoms with Crippen molar-refractivity contribution in [1.82, 2.24) is 10.2 Å². The Labute approximate surface area is 126 Å². The van der Waals surface area contributed by atoms with Crippen molar-refractivity contribution < 1.29 is 0 Å². The molecule has 3 aliphatic rings. The van der Waals surface area contributed by atoms with E-state index in [1.165, 1.54) is 58.2 Å². The molecule has 0 spiro atoms. The van der Waals surface area contributed by atoms with Crippen LogP contribution in [0.1, 0.15) is 55.5 Å². The van der Waals surface area contributed by atoms with Crippen molar-refractivity contribution in [3.63, 3.8) is 0 Å². The predicted octanol–water partition coefficient (Wildman–Crippen LogP) is 3.59. The number of aryl methyl sites for hydroxylation is 1. The van der Waals surface area contributed by atoms with Gasteiger partial charge in [-0.1, -0.05) is 0 Å². The van der Waals surface area contributed by atoms with Gasteiger partial charge in [-0.2, -0.15) is 0 Å². The third kappa shape index (κ3) is 2.34. The van der Waals surface area contributed by atoms with E-state index in [-0.39, 0.29) is 0 Å². The maximum absolute atomic E-state index is 3.87. The third-order valence-electron chi connectivity index (χ3n) is 5.62. The quantitative estimate of drug-likeness (QED) is 0.895. The second-order valence-corrected chi connectivity index (χ2v) is 8.15. The van der Waals surface area contributed by atoms with Crippen molar-refractivity contribution in [3.8, 4) is 0 Å². The van der Waals surface area contributed by atoms with Crippen LogP contribution in [0.5, 0.6) is 0 Å². The lowest BCUT2D eigenvalue weighted by molar-refractivity contribution is 0.139. The molecule has 2 atom stereocenters. The van der Waals surface area contributed by atoms with Gasteiger partial charge in [0.15, 0.2) is 0 Å². The SMILES string of the molecule is CC1(C2CC2)CN(C2CCCc3sccc32)CCCN1. The molecule has 0 radical (unpaired) electrons. The van der Waals surface area contributed by atoms with E-state index in [0.717, 1.165) is 5.92 Å². The van der Waals surface area contributed by atoms with Gasteiger partial charge in [-0.25, -0.2) is 0 Å². The highest BCUT2D eigenvalue weighted by atomic mass is 32.1. The minimum Gasteiger partial charge on any atom is -0.310 e. The average molecular weight is 290 g/mol. The Bertz CT molecular complexity index is 479. The summed E-state index contributed by atoms with van der Waals surface area (Å²) in [6, 6.07) is 3.10. The number of nitrogens with one attached hydrogen (secondary N) is 1. The lowest BCUT2D eigenvalue weighted by Crippen LogP contribution is -2.51. The zero-order chi connectivity index (χ0) is 13.6. The molecular weight excluding hydrogens is 264 g/mol. The summed E-state index contributed by atoms with van der Waals surface area (Å²) < 4.78 is 0. The summed E-state index contributed by atoms with van der Waals surface area (Å²) in [5, 5.41) is 6.17. The fourth-order valence-corrected chi connectivity index (χ4v) is 5.30.